The van der Waals surface area contributed by atoms with Crippen LogP contribution in [0.3, 0.4) is 0 Å². The van der Waals surface area contributed by atoms with E-state index in [1.165, 1.54) is 13.2 Å². The van der Waals surface area contributed by atoms with Crippen LogP contribution in [0.25, 0.3) is 11.0 Å². The molecule has 4 aromatic rings. The highest BCUT2D eigenvalue weighted by molar-refractivity contribution is 6.30. The number of rotatable bonds is 8. The molecule has 1 atom stereocenters. The molecule has 0 spiro atoms. The van der Waals surface area contributed by atoms with Crippen molar-refractivity contribution in [2.75, 3.05) is 51.9 Å². The van der Waals surface area contributed by atoms with Crippen LogP contribution in [0.5, 0.6) is 11.5 Å². The number of imidazole rings is 1. The van der Waals surface area contributed by atoms with Gasteiger partial charge < -0.3 is 28.4 Å². The number of hydrogen-bond acceptors (Lipinski definition) is 8. The molecule has 11 heteroatoms. The van der Waals surface area contributed by atoms with E-state index in [1.807, 2.05) is 30.3 Å². The van der Waals surface area contributed by atoms with Crippen molar-refractivity contribution in [3.63, 3.8) is 0 Å². The SMILES string of the molecule is COCCn1c(CN2CCN(c3cccc4c3O[C@H](c3ccc(Cl)cc3F)O4)CC2)nc2ccc(C(=O)OC)cc21. The molecule has 6 rings (SSSR count). The molecule has 0 unspecified atom stereocenters. The van der Waals surface area contributed by atoms with Gasteiger partial charge in [-0.25, -0.2) is 14.2 Å². The van der Waals surface area contributed by atoms with Crippen LogP contribution in [-0.2, 0) is 22.6 Å². The van der Waals surface area contributed by atoms with E-state index in [4.69, 9.17) is 35.5 Å². The predicted molar refractivity (Wildman–Crippen MR) is 152 cm³/mol. The van der Waals surface area contributed by atoms with Gasteiger partial charge in [0.05, 0.1) is 48.1 Å². The molecule has 3 heterocycles. The zero-order valence-electron chi connectivity index (χ0n) is 22.8. The van der Waals surface area contributed by atoms with Crippen LogP contribution in [0.1, 0.15) is 28.0 Å². The summed E-state index contributed by atoms with van der Waals surface area (Å²) in [6.45, 7) is 4.95. The summed E-state index contributed by atoms with van der Waals surface area (Å²) in [6, 6.07) is 15.6. The molecule has 2 aliphatic rings. The number of halogens is 2. The minimum atomic E-state index is -0.871. The van der Waals surface area contributed by atoms with Crippen LogP contribution in [0.4, 0.5) is 10.1 Å². The first-order chi connectivity index (χ1) is 19.9. The molecular formula is C30H30ClFN4O5. The summed E-state index contributed by atoms with van der Waals surface area (Å²) in [5.41, 5.74) is 3.41. The Labute approximate surface area is 241 Å². The van der Waals surface area contributed by atoms with Crippen molar-refractivity contribution >= 4 is 34.3 Å². The molecule has 0 radical (unpaired) electrons. The molecular weight excluding hydrogens is 551 g/mol. The Bertz CT molecular complexity index is 1590. The number of carbonyl (C=O) groups excluding carboxylic acids is 1. The molecule has 0 N–H and O–H groups in total. The summed E-state index contributed by atoms with van der Waals surface area (Å²) >= 11 is 5.92. The lowest BCUT2D eigenvalue weighted by molar-refractivity contribution is 0.0455. The number of aromatic nitrogens is 2. The lowest BCUT2D eigenvalue weighted by atomic mass is 10.2. The Morgan fingerprint density at radius 2 is 1.90 bits per heavy atom. The second-order valence-electron chi connectivity index (χ2n) is 9.97. The third-order valence-corrected chi connectivity index (χ3v) is 7.71. The molecule has 1 aromatic heterocycles. The predicted octanol–water partition coefficient (Wildman–Crippen LogP) is 5.05. The third-order valence-electron chi connectivity index (χ3n) is 7.48. The smallest absolute Gasteiger partial charge is 0.337 e. The van der Waals surface area contributed by atoms with Crippen LogP contribution in [0.15, 0.2) is 54.6 Å². The summed E-state index contributed by atoms with van der Waals surface area (Å²) < 4.78 is 39.0. The van der Waals surface area contributed by atoms with E-state index in [-0.39, 0.29) is 5.97 Å². The van der Waals surface area contributed by atoms with E-state index >= 15 is 0 Å². The quantitative estimate of drug-likeness (QED) is 0.268. The molecule has 0 amide bonds. The Kier molecular flexibility index (Phi) is 7.70. The average molecular weight is 581 g/mol. The molecule has 214 valence electrons. The van der Waals surface area contributed by atoms with E-state index in [2.05, 4.69) is 14.4 Å². The van der Waals surface area contributed by atoms with Gasteiger partial charge in [-0.15, -0.1) is 0 Å². The van der Waals surface area contributed by atoms with Crippen LogP contribution in [-0.4, -0.2) is 67.4 Å². The minimum absolute atomic E-state index is 0.302. The van der Waals surface area contributed by atoms with Gasteiger partial charge in [0.15, 0.2) is 11.5 Å². The highest BCUT2D eigenvalue weighted by Crippen LogP contribution is 2.47. The Morgan fingerprint density at radius 3 is 2.66 bits per heavy atom. The van der Waals surface area contributed by atoms with Crippen LogP contribution < -0.4 is 14.4 Å². The first-order valence-corrected chi connectivity index (χ1v) is 13.8. The van der Waals surface area contributed by atoms with Gasteiger partial charge in [-0.1, -0.05) is 17.7 Å². The van der Waals surface area contributed by atoms with Gasteiger partial charge in [0.1, 0.15) is 11.6 Å². The van der Waals surface area contributed by atoms with Gasteiger partial charge in [0.25, 0.3) is 6.29 Å². The Morgan fingerprint density at radius 1 is 1.07 bits per heavy atom. The molecule has 1 saturated heterocycles. The van der Waals surface area contributed by atoms with Crippen molar-refractivity contribution in [2.45, 2.75) is 19.4 Å². The normalized spacial score (nSPS) is 16.9. The number of para-hydroxylation sites is 1. The van der Waals surface area contributed by atoms with E-state index in [0.717, 1.165) is 48.7 Å². The lowest BCUT2D eigenvalue weighted by Crippen LogP contribution is -2.46. The van der Waals surface area contributed by atoms with Crippen molar-refractivity contribution < 1.29 is 28.1 Å². The first kappa shape index (κ1) is 27.3. The number of esters is 1. The number of methoxy groups -OCH3 is 2. The number of benzene rings is 3. The molecule has 0 saturated carbocycles. The number of nitrogens with zero attached hydrogens (tertiary/aromatic N) is 4. The maximum absolute atomic E-state index is 14.5. The Hall–Kier alpha value is -3.86. The second kappa shape index (κ2) is 11.6. The fourth-order valence-corrected chi connectivity index (χ4v) is 5.51. The van der Waals surface area contributed by atoms with Crippen molar-refractivity contribution in [3.8, 4) is 11.5 Å². The number of ether oxygens (including phenoxy) is 4. The summed E-state index contributed by atoms with van der Waals surface area (Å²) in [5.74, 6) is 1.27. The van der Waals surface area contributed by atoms with E-state index < -0.39 is 12.1 Å². The molecule has 3 aromatic carbocycles. The highest BCUT2D eigenvalue weighted by atomic mass is 35.5. The molecule has 41 heavy (non-hydrogen) atoms. The van der Waals surface area contributed by atoms with Gasteiger partial charge in [-0.2, -0.15) is 0 Å². The van der Waals surface area contributed by atoms with Gasteiger partial charge in [0.2, 0.25) is 0 Å². The van der Waals surface area contributed by atoms with E-state index in [1.54, 1.807) is 25.3 Å². The summed E-state index contributed by atoms with van der Waals surface area (Å²) in [7, 11) is 3.04. The fraction of sp³-hybridized carbons (Fsp3) is 0.333. The fourth-order valence-electron chi connectivity index (χ4n) is 5.35. The molecule has 9 nitrogen and oxygen atoms in total. The highest BCUT2D eigenvalue weighted by Gasteiger charge is 2.32. The number of hydrogen-bond donors (Lipinski definition) is 0. The second-order valence-corrected chi connectivity index (χ2v) is 10.4. The van der Waals surface area contributed by atoms with Gasteiger partial charge in [-0.05, 0) is 48.5 Å². The third kappa shape index (κ3) is 5.42. The van der Waals surface area contributed by atoms with E-state index in [9.17, 15) is 9.18 Å². The molecule has 0 bridgehead atoms. The number of fused-ring (bicyclic) bond motifs is 2. The Balaban J connectivity index is 1.16. The summed E-state index contributed by atoms with van der Waals surface area (Å²) in [6.07, 6.45) is -0.871. The maximum Gasteiger partial charge on any atom is 0.337 e. The van der Waals surface area contributed by atoms with Crippen molar-refractivity contribution in [3.05, 3.63) is 82.4 Å². The van der Waals surface area contributed by atoms with Crippen molar-refractivity contribution in [1.82, 2.24) is 14.5 Å². The summed E-state index contributed by atoms with van der Waals surface area (Å²) in [4.78, 5) is 21.6. The summed E-state index contributed by atoms with van der Waals surface area (Å²) in [5, 5.41) is 0.320. The first-order valence-electron chi connectivity index (χ1n) is 13.4. The number of carbonyl (C=O) groups is 1. The largest absolute Gasteiger partial charge is 0.465 e. The zero-order chi connectivity index (χ0) is 28.5. The van der Waals surface area contributed by atoms with Crippen LogP contribution in [0.2, 0.25) is 5.02 Å². The zero-order valence-corrected chi connectivity index (χ0v) is 23.6. The standard InChI is InChI=1S/C30H30ClFN4O5/c1-38-15-14-36-25-16-19(29(37)39-2)6-9-23(25)33-27(36)18-34-10-12-35(13-11-34)24-4-3-5-26-28(24)41-30(40-26)21-8-7-20(31)17-22(21)32/h3-9,16-17,30H,10-15,18H2,1-2H3/t30-/m1/s1. The van der Waals surface area contributed by atoms with Gasteiger partial charge in [-0.3, -0.25) is 4.90 Å². The van der Waals surface area contributed by atoms with Crippen molar-refractivity contribution in [1.29, 1.82) is 0 Å². The number of piperazine rings is 1. The van der Waals surface area contributed by atoms with Gasteiger partial charge >= 0.3 is 5.97 Å². The maximum atomic E-state index is 14.5. The van der Waals surface area contributed by atoms with Crippen LogP contribution in [0, 0.1) is 5.82 Å². The topological polar surface area (TPSA) is 78.3 Å². The monoisotopic (exact) mass is 580 g/mol. The molecule has 1 fully saturated rings. The lowest BCUT2D eigenvalue weighted by Gasteiger charge is -2.36. The minimum Gasteiger partial charge on any atom is -0.465 e. The molecule has 0 aliphatic carbocycles. The average Bonchev–Trinajstić information content (AvgIpc) is 3.56. The van der Waals surface area contributed by atoms with Crippen molar-refractivity contribution in [2.24, 2.45) is 0 Å². The van der Waals surface area contributed by atoms with Gasteiger partial charge in [0, 0.05) is 44.9 Å². The van der Waals surface area contributed by atoms with Crippen LogP contribution >= 0.6 is 11.6 Å². The number of anilines is 1. The van der Waals surface area contributed by atoms with E-state index in [0.29, 0.717) is 47.3 Å². The molecule has 2 aliphatic heterocycles.